The van der Waals surface area contributed by atoms with Crippen LogP contribution in [0, 0.1) is 0 Å². The zero-order valence-corrected chi connectivity index (χ0v) is 21.8. The summed E-state index contributed by atoms with van der Waals surface area (Å²) in [6.07, 6.45) is 2.85. The van der Waals surface area contributed by atoms with Crippen molar-refractivity contribution in [1.82, 2.24) is 14.9 Å². The minimum absolute atomic E-state index is 0.359. The molecule has 0 atom stereocenters. The fourth-order valence-electron chi connectivity index (χ4n) is 4.50. The van der Waals surface area contributed by atoms with Gasteiger partial charge in [-0.15, -0.1) is 11.3 Å². The predicted molar refractivity (Wildman–Crippen MR) is 141 cm³/mol. The largest absolute Gasteiger partial charge is 0.351 e. The van der Waals surface area contributed by atoms with Crippen LogP contribution >= 0.6 is 11.3 Å². The number of thiophene rings is 1. The number of sulfonamides is 1. The van der Waals surface area contributed by atoms with E-state index in [9.17, 15) is 8.42 Å². The van der Waals surface area contributed by atoms with Crippen molar-refractivity contribution < 1.29 is 8.42 Å². The van der Waals surface area contributed by atoms with E-state index in [1.54, 1.807) is 36.4 Å². The summed E-state index contributed by atoms with van der Waals surface area (Å²) < 4.78 is 27.0. The first kappa shape index (κ1) is 23.3. The molecular formula is C24H32N6O2S2. The highest BCUT2D eigenvalue weighted by molar-refractivity contribution is 7.94. The Morgan fingerprint density at radius 3 is 2.59 bits per heavy atom. The van der Waals surface area contributed by atoms with Gasteiger partial charge in [0.1, 0.15) is 10.6 Å². The number of aromatic nitrogens is 2. The van der Waals surface area contributed by atoms with E-state index in [4.69, 9.17) is 9.97 Å². The monoisotopic (exact) mass is 500 g/mol. The highest BCUT2D eigenvalue weighted by Gasteiger charge is 2.38. The Morgan fingerprint density at radius 1 is 1.09 bits per heavy atom. The van der Waals surface area contributed by atoms with Crippen LogP contribution in [0.15, 0.2) is 29.6 Å². The number of hydrogen-bond donors (Lipinski definition) is 2. The van der Waals surface area contributed by atoms with Gasteiger partial charge in [0.05, 0.1) is 15.8 Å². The fourth-order valence-corrected chi connectivity index (χ4v) is 6.68. The summed E-state index contributed by atoms with van der Waals surface area (Å²) >= 11 is 1.59. The molecule has 1 saturated heterocycles. The molecule has 2 aliphatic heterocycles. The molecule has 1 aromatic carbocycles. The average molecular weight is 501 g/mol. The first-order valence-corrected chi connectivity index (χ1v) is 14.1. The summed E-state index contributed by atoms with van der Waals surface area (Å²) in [6, 6.07) is 8.31. The van der Waals surface area contributed by atoms with Gasteiger partial charge in [0.2, 0.25) is 16.0 Å². The molecule has 0 spiro atoms. The van der Waals surface area contributed by atoms with Crippen LogP contribution in [0.4, 0.5) is 23.1 Å². The van der Waals surface area contributed by atoms with Gasteiger partial charge in [0.25, 0.3) is 0 Å². The topological polar surface area (TPSA) is 90.5 Å². The van der Waals surface area contributed by atoms with Gasteiger partial charge in [-0.25, -0.2) is 13.4 Å². The van der Waals surface area contributed by atoms with Gasteiger partial charge in [-0.2, -0.15) is 4.98 Å². The zero-order valence-electron chi connectivity index (χ0n) is 20.1. The Morgan fingerprint density at radius 2 is 1.85 bits per heavy atom. The minimum atomic E-state index is -3.46. The molecule has 2 N–H and O–H groups in total. The number of likely N-dealkylation sites (tertiary alicyclic amines) is 1. The van der Waals surface area contributed by atoms with Gasteiger partial charge in [-0.3, -0.25) is 4.31 Å². The van der Waals surface area contributed by atoms with E-state index in [0.29, 0.717) is 18.5 Å². The summed E-state index contributed by atoms with van der Waals surface area (Å²) in [5.74, 6) is 1.36. The fraction of sp³-hybridized carbons (Fsp3) is 0.500. The second-order valence-corrected chi connectivity index (χ2v) is 13.7. The van der Waals surface area contributed by atoms with Crippen LogP contribution in [0.25, 0.3) is 10.2 Å². The van der Waals surface area contributed by atoms with Gasteiger partial charge < -0.3 is 15.5 Å². The Bertz CT molecular complexity index is 1310. The SMILES string of the molecule is CN1CCC(Nc2nc(Nc3ccc4c(c3)N(S(=O)(=O)C(C)(C)C)CC4)c3ccsc3n2)CC1. The average Bonchev–Trinajstić information content (AvgIpc) is 3.41. The quantitative estimate of drug-likeness (QED) is 0.535. The molecule has 4 heterocycles. The van der Waals surface area contributed by atoms with E-state index in [-0.39, 0.29) is 0 Å². The van der Waals surface area contributed by atoms with Crippen LogP contribution in [0.5, 0.6) is 0 Å². The molecule has 1 fully saturated rings. The summed E-state index contributed by atoms with van der Waals surface area (Å²) in [7, 11) is -1.31. The third-order valence-corrected chi connectivity index (χ3v) is 9.96. The molecule has 2 aliphatic rings. The molecule has 5 rings (SSSR count). The molecule has 182 valence electrons. The predicted octanol–water partition coefficient (Wildman–Crippen LogP) is 4.43. The molecule has 0 amide bonds. The van der Waals surface area contributed by atoms with Crippen molar-refractivity contribution in [2.45, 2.75) is 50.8 Å². The van der Waals surface area contributed by atoms with Gasteiger partial charge in [-0.05, 0) is 89.3 Å². The highest BCUT2D eigenvalue weighted by atomic mass is 32.2. The molecule has 0 unspecified atom stereocenters. The van der Waals surface area contributed by atoms with Crippen LogP contribution in [0.2, 0.25) is 0 Å². The third kappa shape index (κ3) is 4.34. The Labute approximate surface area is 205 Å². The lowest BCUT2D eigenvalue weighted by atomic mass is 10.1. The number of hydrogen-bond acceptors (Lipinski definition) is 8. The smallest absolute Gasteiger partial charge is 0.240 e. The summed E-state index contributed by atoms with van der Waals surface area (Å²) in [5.41, 5.74) is 2.61. The number of fused-ring (bicyclic) bond motifs is 2. The van der Waals surface area contributed by atoms with Crippen molar-refractivity contribution in [2.24, 2.45) is 0 Å². The second-order valence-electron chi connectivity index (χ2n) is 10.2. The number of benzene rings is 1. The molecular weight excluding hydrogens is 468 g/mol. The Kier molecular flexibility index (Phi) is 5.94. The molecule has 8 nitrogen and oxygen atoms in total. The maximum absolute atomic E-state index is 13.2. The molecule has 34 heavy (non-hydrogen) atoms. The maximum atomic E-state index is 13.2. The van der Waals surface area contributed by atoms with E-state index >= 15 is 0 Å². The zero-order chi connectivity index (χ0) is 24.1. The number of anilines is 4. The highest BCUT2D eigenvalue weighted by Crippen LogP contribution is 2.37. The lowest BCUT2D eigenvalue weighted by molar-refractivity contribution is 0.263. The van der Waals surface area contributed by atoms with Crippen LogP contribution in [-0.4, -0.2) is 60.8 Å². The second kappa shape index (κ2) is 8.66. The molecule has 0 radical (unpaired) electrons. The van der Waals surface area contributed by atoms with Crippen molar-refractivity contribution >= 4 is 54.7 Å². The first-order valence-electron chi connectivity index (χ1n) is 11.7. The van der Waals surface area contributed by atoms with Crippen LogP contribution < -0.4 is 14.9 Å². The third-order valence-electron chi connectivity index (χ3n) is 6.64. The molecule has 0 bridgehead atoms. The summed E-state index contributed by atoms with van der Waals surface area (Å²) in [6.45, 7) is 7.84. The maximum Gasteiger partial charge on any atom is 0.240 e. The van der Waals surface area contributed by atoms with Crippen LogP contribution in [0.3, 0.4) is 0 Å². The lowest BCUT2D eigenvalue weighted by Gasteiger charge is -2.29. The number of nitrogens with one attached hydrogen (secondary N) is 2. The van der Waals surface area contributed by atoms with E-state index in [1.165, 1.54) is 0 Å². The van der Waals surface area contributed by atoms with Crippen molar-refractivity contribution in [3.8, 4) is 0 Å². The van der Waals surface area contributed by atoms with E-state index < -0.39 is 14.8 Å². The van der Waals surface area contributed by atoms with Crippen LogP contribution in [0.1, 0.15) is 39.2 Å². The van der Waals surface area contributed by atoms with Crippen molar-refractivity contribution in [2.75, 3.05) is 41.6 Å². The van der Waals surface area contributed by atoms with Crippen molar-refractivity contribution in [1.29, 1.82) is 0 Å². The standard InChI is InChI=1S/C24H32N6O2S2/c1-24(2,3)34(31,32)30-13-7-16-5-6-18(15-20(16)30)25-21-19-10-14-33-22(19)28-23(27-21)26-17-8-11-29(4)12-9-17/h5-6,10,14-15,17H,7-9,11-13H2,1-4H3,(H2,25,26,27,28). The van der Waals surface area contributed by atoms with Gasteiger partial charge >= 0.3 is 0 Å². The van der Waals surface area contributed by atoms with Crippen molar-refractivity contribution in [3.63, 3.8) is 0 Å². The summed E-state index contributed by atoms with van der Waals surface area (Å²) in [4.78, 5) is 12.8. The number of rotatable bonds is 5. The first-order chi connectivity index (χ1) is 16.1. The molecule has 0 aliphatic carbocycles. The summed E-state index contributed by atoms with van der Waals surface area (Å²) in [5, 5.41) is 9.94. The van der Waals surface area contributed by atoms with Crippen LogP contribution in [-0.2, 0) is 16.4 Å². The number of piperidine rings is 1. The van der Waals surface area contributed by atoms with E-state index in [0.717, 1.165) is 65.3 Å². The van der Waals surface area contributed by atoms with Crippen molar-refractivity contribution in [3.05, 3.63) is 35.2 Å². The number of nitrogens with zero attached hydrogens (tertiary/aromatic N) is 4. The molecule has 3 aromatic rings. The molecule has 2 aromatic heterocycles. The molecule has 10 heteroatoms. The Hall–Kier alpha value is -2.43. The van der Waals surface area contributed by atoms with Gasteiger partial charge in [0.15, 0.2) is 0 Å². The minimum Gasteiger partial charge on any atom is -0.351 e. The van der Waals surface area contributed by atoms with Gasteiger partial charge in [0, 0.05) is 18.3 Å². The molecule has 0 saturated carbocycles. The lowest BCUT2D eigenvalue weighted by Crippen LogP contribution is -2.42. The Balaban J connectivity index is 1.44. The normalized spacial score (nSPS) is 17.8. The van der Waals surface area contributed by atoms with E-state index in [1.807, 2.05) is 29.6 Å². The van der Waals surface area contributed by atoms with Gasteiger partial charge in [-0.1, -0.05) is 6.07 Å². The van der Waals surface area contributed by atoms with E-state index in [2.05, 4.69) is 22.6 Å².